The molecule has 1 fully saturated rings. The van der Waals surface area contributed by atoms with Crippen molar-refractivity contribution < 1.29 is 4.79 Å². The second-order valence-electron chi connectivity index (χ2n) is 5.13. The molecule has 0 radical (unpaired) electrons. The van der Waals surface area contributed by atoms with Crippen LogP contribution in [0.15, 0.2) is 30.3 Å². The Balaban J connectivity index is 2.07. The summed E-state index contributed by atoms with van der Waals surface area (Å²) in [7, 11) is 0. The van der Waals surface area contributed by atoms with Crippen molar-refractivity contribution in [3.05, 3.63) is 35.9 Å². The van der Waals surface area contributed by atoms with Gasteiger partial charge in [-0.15, -0.1) is 0 Å². The SMILES string of the molecule is CC1(NC(=O)c2cc(N)nc3ccccc23)CC1. The molecule has 0 spiro atoms. The van der Waals surface area contributed by atoms with E-state index in [9.17, 15) is 4.79 Å². The van der Waals surface area contributed by atoms with Gasteiger partial charge in [0.25, 0.3) is 5.91 Å². The molecule has 3 N–H and O–H groups in total. The molecule has 2 aromatic rings. The number of nitrogens with zero attached hydrogens (tertiary/aromatic N) is 1. The highest BCUT2D eigenvalue weighted by Gasteiger charge is 2.39. The van der Waals surface area contributed by atoms with Crippen LogP contribution in [0.4, 0.5) is 5.82 Å². The Kier molecular flexibility index (Phi) is 2.26. The quantitative estimate of drug-likeness (QED) is 0.846. The van der Waals surface area contributed by atoms with Crippen molar-refractivity contribution in [3.8, 4) is 0 Å². The molecular weight excluding hydrogens is 226 g/mol. The topological polar surface area (TPSA) is 68.0 Å². The second-order valence-corrected chi connectivity index (χ2v) is 5.13. The number of rotatable bonds is 2. The van der Waals surface area contributed by atoms with Gasteiger partial charge in [-0.05, 0) is 31.9 Å². The summed E-state index contributed by atoms with van der Waals surface area (Å²) < 4.78 is 0. The summed E-state index contributed by atoms with van der Waals surface area (Å²) in [5.74, 6) is 0.306. The predicted molar refractivity (Wildman–Crippen MR) is 71.3 cm³/mol. The number of para-hydroxylation sites is 1. The van der Waals surface area contributed by atoms with E-state index in [1.54, 1.807) is 6.07 Å². The van der Waals surface area contributed by atoms with E-state index >= 15 is 0 Å². The Morgan fingerprint density at radius 2 is 2.11 bits per heavy atom. The number of aromatic nitrogens is 1. The number of hydrogen-bond donors (Lipinski definition) is 2. The third-order valence-electron chi connectivity index (χ3n) is 3.40. The van der Waals surface area contributed by atoms with Gasteiger partial charge in [0, 0.05) is 10.9 Å². The molecule has 1 aromatic carbocycles. The molecule has 0 bridgehead atoms. The fourth-order valence-corrected chi connectivity index (χ4v) is 2.04. The van der Waals surface area contributed by atoms with E-state index in [2.05, 4.69) is 17.2 Å². The van der Waals surface area contributed by atoms with Gasteiger partial charge in [0.2, 0.25) is 0 Å². The zero-order chi connectivity index (χ0) is 12.8. The molecule has 18 heavy (non-hydrogen) atoms. The summed E-state index contributed by atoms with van der Waals surface area (Å²) in [4.78, 5) is 16.5. The fraction of sp³-hybridized carbons (Fsp3) is 0.286. The lowest BCUT2D eigenvalue weighted by molar-refractivity contribution is 0.0937. The average molecular weight is 241 g/mol. The minimum absolute atomic E-state index is 0.0315. The lowest BCUT2D eigenvalue weighted by Gasteiger charge is -2.13. The van der Waals surface area contributed by atoms with Gasteiger partial charge in [-0.1, -0.05) is 18.2 Å². The van der Waals surface area contributed by atoms with Crippen molar-refractivity contribution in [3.63, 3.8) is 0 Å². The minimum Gasteiger partial charge on any atom is -0.384 e. The van der Waals surface area contributed by atoms with E-state index in [0.717, 1.165) is 23.7 Å². The van der Waals surface area contributed by atoms with Crippen molar-refractivity contribution in [2.75, 3.05) is 5.73 Å². The van der Waals surface area contributed by atoms with Gasteiger partial charge in [0.15, 0.2) is 0 Å². The van der Waals surface area contributed by atoms with Crippen LogP contribution in [0.1, 0.15) is 30.1 Å². The van der Waals surface area contributed by atoms with Crippen LogP contribution < -0.4 is 11.1 Å². The maximum Gasteiger partial charge on any atom is 0.252 e. The zero-order valence-corrected chi connectivity index (χ0v) is 10.2. The molecule has 1 amide bonds. The second kappa shape index (κ2) is 3.70. The summed E-state index contributed by atoms with van der Waals surface area (Å²) >= 11 is 0. The van der Waals surface area contributed by atoms with E-state index in [4.69, 9.17) is 5.73 Å². The number of anilines is 1. The Hall–Kier alpha value is -2.10. The summed E-state index contributed by atoms with van der Waals surface area (Å²) in [6, 6.07) is 9.19. The molecule has 0 unspecified atom stereocenters. The Labute approximate surface area is 105 Å². The Bertz CT molecular complexity index is 632. The number of amides is 1. The van der Waals surface area contributed by atoms with Gasteiger partial charge in [-0.3, -0.25) is 4.79 Å². The molecule has 0 atom stereocenters. The summed E-state index contributed by atoms with van der Waals surface area (Å²) in [5.41, 5.74) is 7.08. The van der Waals surface area contributed by atoms with Gasteiger partial charge in [0.05, 0.1) is 11.1 Å². The molecule has 0 aliphatic heterocycles. The van der Waals surface area contributed by atoms with Gasteiger partial charge in [0.1, 0.15) is 5.82 Å². The fourth-order valence-electron chi connectivity index (χ4n) is 2.04. The predicted octanol–water partition coefficient (Wildman–Crippen LogP) is 2.10. The first kappa shape index (κ1) is 11.0. The number of carbonyl (C=O) groups excluding carboxylic acids is 1. The number of fused-ring (bicyclic) bond motifs is 1. The van der Waals surface area contributed by atoms with Gasteiger partial charge in [-0.25, -0.2) is 4.98 Å². The van der Waals surface area contributed by atoms with E-state index in [1.807, 2.05) is 24.3 Å². The monoisotopic (exact) mass is 241 g/mol. The summed E-state index contributed by atoms with van der Waals surface area (Å²) in [5, 5.41) is 3.88. The van der Waals surface area contributed by atoms with Crippen LogP contribution in [-0.4, -0.2) is 16.4 Å². The van der Waals surface area contributed by atoms with Crippen molar-refractivity contribution in [1.29, 1.82) is 0 Å². The van der Waals surface area contributed by atoms with E-state index < -0.39 is 0 Å². The maximum absolute atomic E-state index is 12.3. The van der Waals surface area contributed by atoms with Crippen LogP contribution in [0, 0.1) is 0 Å². The first-order chi connectivity index (χ1) is 8.57. The van der Waals surface area contributed by atoms with Crippen molar-refractivity contribution in [2.24, 2.45) is 0 Å². The number of nitrogens with one attached hydrogen (secondary N) is 1. The number of hydrogen-bond acceptors (Lipinski definition) is 3. The summed E-state index contributed by atoms with van der Waals surface area (Å²) in [6.45, 7) is 2.05. The maximum atomic E-state index is 12.3. The first-order valence-electron chi connectivity index (χ1n) is 6.05. The highest BCUT2D eigenvalue weighted by Crippen LogP contribution is 2.35. The van der Waals surface area contributed by atoms with Gasteiger partial charge in [-0.2, -0.15) is 0 Å². The summed E-state index contributed by atoms with van der Waals surface area (Å²) in [6.07, 6.45) is 2.08. The van der Waals surface area contributed by atoms with Crippen molar-refractivity contribution >= 4 is 22.6 Å². The van der Waals surface area contributed by atoms with Gasteiger partial charge >= 0.3 is 0 Å². The lowest BCUT2D eigenvalue weighted by Crippen LogP contribution is -2.34. The van der Waals surface area contributed by atoms with Crippen LogP contribution in [0.2, 0.25) is 0 Å². The smallest absolute Gasteiger partial charge is 0.252 e. The lowest BCUT2D eigenvalue weighted by atomic mass is 10.1. The minimum atomic E-state index is -0.0692. The van der Waals surface area contributed by atoms with Crippen molar-refractivity contribution in [2.45, 2.75) is 25.3 Å². The molecule has 1 aliphatic rings. The van der Waals surface area contributed by atoms with Crippen molar-refractivity contribution in [1.82, 2.24) is 10.3 Å². The normalized spacial score (nSPS) is 16.5. The van der Waals surface area contributed by atoms with Gasteiger partial charge < -0.3 is 11.1 Å². The molecule has 3 rings (SSSR count). The number of nitrogens with two attached hydrogens (primary N) is 1. The van der Waals surface area contributed by atoms with Crippen LogP contribution in [0.25, 0.3) is 10.9 Å². The number of benzene rings is 1. The number of nitrogen functional groups attached to an aromatic ring is 1. The Morgan fingerprint density at radius 1 is 1.39 bits per heavy atom. The van der Waals surface area contributed by atoms with E-state index in [-0.39, 0.29) is 11.4 Å². The zero-order valence-electron chi connectivity index (χ0n) is 10.2. The van der Waals surface area contributed by atoms with Crippen LogP contribution in [-0.2, 0) is 0 Å². The molecule has 1 aliphatic carbocycles. The molecule has 0 saturated heterocycles. The average Bonchev–Trinajstić information content (AvgIpc) is 3.05. The highest BCUT2D eigenvalue weighted by atomic mass is 16.1. The standard InChI is InChI=1S/C14H15N3O/c1-14(6-7-14)17-13(18)10-8-12(15)16-11-5-3-2-4-9(10)11/h2-5,8H,6-7H2,1H3,(H2,15,16)(H,17,18). The van der Waals surface area contributed by atoms with E-state index in [0.29, 0.717) is 11.4 Å². The van der Waals surface area contributed by atoms with Crippen LogP contribution in [0.5, 0.6) is 0 Å². The molecule has 92 valence electrons. The van der Waals surface area contributed by atoms with Crippen LogP contribution in [0.3, 0.4) is 0 Å². The molecule has 4 nitrogen and oxygen atoms in total. The largest absolute Gasteiger partial charge is 0.384 e. The third kappa shape index (κ3) is 1.90. The first-order valence-corrected chi connectivity index (χ1v) is 6.05. The number of pyridine rings is 1. The van der Waals surface area contributed by atoms with Crippen LogP contribution >= 0.6 is 0 Å². The molecule has 4 heteroatoms. The molecule has 1 aromatic heterocycles. The molecule has 1 saturated carbocycles. The van der Waals surface area contributed by atoms with E-state index in [1.165, 1.54) is 0 Å². The highest BCUT2D eigenvalue weighted by molar-refractivity contribution is 6.07. The number of carbonyl (C=O) groups is 1. The molecule has 1 heterocycles. The Morgan fingerprint density at radius 3 is 2.83 bits per heavy atom. The third-order valence-corrected chi connectivity index (χ3v) is 3.40. The molecular formula is C14H15N3O.